The summed E-state index contributed by atoms with van der Waals surface area (Å²) in [5.41, 5.74) is 0.499. The van der Waals surface area contributed by atoms with Crippen LogP contribution < -0.4 is 5.32 Å². The van der Waals surface area contributed by atoms with Crippen LogP contribution in [0.5, 0.6) is 0 Å². The molecular weight excluding hydrogens is 382 g/mol. The highest BCUT2D eigenvalue weighted by Crippen LogP contribution is 2.23. The van der Waals surface area contributed by atoms with Crippen molar-refractivity contribution in [1.29, 1.82) is 0 Å². The SMILES string of the molecule is CCN(CC)S(=O)(=O)c1ccc(NC(=O)[C@H]2CC(=O)N([C@@H](C)COC)C2)cc1. The number of hydrogen-bond donors (Lipinski definition) is 1. The van der Waals surface area contributed by atoms with Crippen molar-refractivity contribution in [2.45, 2.75) is 38.1 Å². The van der Waals surface area contributed by atoms with Gasteiger partial charge in [0, 0.05) is 38.9 Å². The molecule has 28 heavy (non-hydrogen) atoms. The summed E-state index contributed by atoms with van der Waals surface area (Å²) in [6.45, 7) is 7.02. The molecule has 1 aromatic rings. The van der Waals surface area contributed by atoms with Crippen molar-refractivity contribution in [3.8, 4) is 0 Å². The van der Waals surface area contributed by atoms with Crippen LogP contribution in [0, 0.1) is 5.92 Å². The number of rotatable bonds is 9. The van der Waals surface area contributed by atoms with E-state index in [9.17, 15) is 18.0 Å². The van der Waals surface area contributed by atoms with Crippen molar-refractivity contribution in [3.05, 3.63) is 24.3 Å². The number of benzene rings is 1. The Hall–Kier alpha value is -1.97. The third kappa shape index (κ3) is 4.89. The number of likely N-dealkylation sites (tertiary alicyclic amines) is 1. The van der Waals surface area contributed by atoms with E-state index in [1.807, 2.05) is 6.92 Å². The van der Waals surface area contributed by atoms with Gasteiger partial charge >= 0.3 is 0 Å². The van der Waals surface area contributed by atoms with Crippen LogP contribution in [0.3, 0.4) is 0 Å². The molecule has 1 aliphatic rings. The Labute approximate surface area is 166 Å². The molecule has 0 bridgehead atoms. The lowest BCUT2D eigenvalue weighted by molar-refractivity contribution is -0.130. The molecule has 2 amide bonds. The average Bonchev–Trinajstić information content (AvgIpc) is 3.05. The average molecular weight is 412 g/mol. The standard InChI is InChI=1S/C19H29N3O5S/c1-5-21(6-2)28(25,26)17-9-7-16(8-10-17)20-19(24)15-11-18(23)22(12-15)14(3)13-27-4/h7-10,14-15H,5-6,11-13H2,1-4H3,(H,20,24)/t14-,15-/m0/s1. The maximum absolute atomic E-state index is 12.5. The first kappa shape index (κ1) is 22.3. The summed E-state index contributed by atoms with van der Waals surface area (Å²) in [7, 11) is -1.96. The molecule has 8 nitrogen and oxygen atoms in total. The fourth-order valence-corrected chi connectivity index (χ4v) is 4.79. The molecule has 1 heterocycles. The third-order valence-corrected chi connectivity index (χ3v) is 7.00. The van der Waals surface area contributed by atoms with Crippen LogP contribution in [-0.4, -0.2) is 68.8 Å². The Morgan fingerprint density at radius 1 is 1.29 bits per heavy atom. The van der Waals surface area contributed by atoms with Crippen molar-refractivity contribution in [2.24, 2.45) is 5.92 Å². The van der Waals surface area contributed by atoms with E-state index in [2.05, 4.69) is 5.32 Å². The van der Waals surface area contributed by atoms with E-state index in [1.54, 1.807) is 38.0 Å². The molecule has 156 valence electrons. The Morgan fingerprint density at radius 2 is 1.89 bits per heavy atom. The number of hydrogen-bond acceptors (Lipinski definition) is 5. The summed E-state index contributed by atoms with van der Waals surface area (Å²) >= 11 is 0. The number of methoxy groups -OCH3 is 1. The molecule has 1 aromatic carbocycles. The van der Waals surface area contributed by atoms with Crippen molar-refractivity contribution >= 4 is 27.5 Å². The van der Waals surface area contributed by atoms with E-state index in [0.29, 0.717) is 31.9 Å². The second-order valence-electron chi connectivity index (χ2n) is 6.85. The Kier molecular flexibility index (Phi) is 7.56. The number of nitrogens with zero attached hydrogens (tertiary/aromatic N) is 2. The van der Waals surface area contributed by atoms with Crippen molar-refractivity contribution < 1.29 is 22.7 Å². The van der Waals surface area contributed by atoms with Gasteiger partial charge in [0.25, 0.3) is 0 Å². The number of carbonyl (C=O) groups is 2. The predicted molar refractivity (Wildman–Crippen MR) is 106 cm³/mol. The van der Waals surface area contributed by atoms with Crippen LogP contribution in [0.1, 0.15) is 27.2 Å². The van der Waals surface area contributed by atoms with E-state index < -0.39 is 15.9 Å². The van der Waals surface area contributed by atoms with Gasteiger partial charge in [-0.3, -0.25) is 9.59 Å². The van der Waals surface area contributed by atoms with Gasteiger partial charge in [0.2, 0.25) is 21.8 Å². The molecule has 0 aromatic heterocycles. The van der Waals surface area contributed by atoms with Crippen LogP contribution in [0.4, 0.5) is 5.69 Å². The molecule has 1 aliphatic heterocycles. The first-order valence-electron chi connectivity index (χ1n) is 9.44. The van der Waals surface area contributed by atoms with Crippen LogP contribution in [0.25, 0.3) is 0 Å². The quantitative estimate of drug-likeness (QED) is 0.665. The van der Waals surface area contributed by atoms with Gasteiger partial charge in [-0.2, -0.15) is 4.31 Å². The van der Waals surface area contributed by atoms with E-state index in [1.165, 1.54) is 16.4 Å². The van der Waals surface area contributed by atoms with E-state index in [-0.39, 0.29) is 29.2 Å². The van der Waals surface area contributed by atoms with Crippen LogP contribution >= 0.6 is 0 Å². The second-order valence-corrected chi connectivity index (χ2v) is 8.79. The zero-order valence-electron chi connectivity index (χ0n) is 16.8. The Bertz CT molecular complexity index is 790. The molecule has 0 aliphatic carbocycles. The zero-order chi connectivity index (χ0) is 20.9. The summed E-state index contributed by atoms with van der Waals surface area (Å²) in [6.07, 6.45) is 0.161. The third-order valence-electron chi connectivity index (χ3n) is 4.93. The Balaban J connectivity index is 2.03. The number of nitrogens with one attached hydrogen (secondary N) is 1. The molecule has 1 saturated heterocycles. The summed E-state index contributed by atoms with van der Waals surface area (Å²) in [4.78, 5) is 26.5. The normalized spacial score (nSPS) is 18.5. The van der Waals surface area contributed by atoms with E-state index in [4.69, 9.17) is 4.74 Å². The minimum Gasteiger partial charge on any atom is -0.383 e. The van der Waals surface area contributed by atoms with Crippen molar-refractivity contribution in [1.82, 2.24) is 9.21 Å². The molecule has 1 fully saturated rings. The second kappa shape index (κ2) is 9.49. The monoisotopic (exact) mass is 411 g/mol. The van der Waals surface area contributed by atoms with Crippen molar-refractivity contribution in [3.63, 3.8) is 0 Å². The topological polar surface area (TPSA) is 96.0 Å². The smallest absolute Gasteiger partial charge is 0.243 e. The maximum Gasteiger partial charge on any atom is 0.243 e. The number of amides is 2. The fraction of sp³-hybridized carbons (Fsp3) is 0.579. The fourth-order valence-electron chi connectivity index (χ4n) is 3.33. The van der Waals surface area contributed by atoms with E-state index >= 15 is 0 Å². The van der Waals surface area contributed by atoms with E-state index in [0.717, 1.165) is 0 Å². The summed E-state index contributed by atoms with van der Waals surface area (Å²) in [5, 5.41) is 2.77. The molecule has 2 rings (SSSR count). The molecule has 1 N–H and O–H groups in total. The van der Waals surface area contributed by atoms with Gasteiger partial charge in [0.15, 0.2) is 0 Å². The lowest BCUT2D eigenvalue weighted by Gasteiger charge is -2.23. The van der Waals surface area contributed by atoms with Gasteiger partial charge in [-0.1, -0.05) is 13.8 Å². The lowest BCUT2D eigenvalue weighted by atomic mass is 10.1. The van der Waals surface area contributed by atoms with Crippen LogP contribution in [-0.2, 0) is 24.3 Å². The minimum absolute atomic E-state index is 0.0645. The summed E-state index contributed by atoms with van der Waals surface area (Å²) in [6, 6.07) is 6.01. The zero-order valence-corrected chi connectivity index (χ0v) is 17.7. The van der Waals surface area contributed by atoms with Gasteiger partial charge < -0.3 is 15.0 Å². The summed E-state index contributed by atoms with van der Waals surface area (Å²) < 4.78 is 31.5. The number of carbonyl (C=O) groups excluding carboxylic acids is 2. The lowest BCUT2D eigenvalue weighted by Crippen LogP contribution is -2.38. The first-order chi connectivity index (χ1) is 13.2. The highest BCUT2D eigenvalue weighted by atomic mass is 32.2. The van der Waals surface area contributed by atoms with Crippen LogP contribution in [0.15, 0.2) is 29.2 Å². The highest BCUT2D eigenvalue weighted by Gasteiger charge is 2.36. The number of sulfonamides is 1. The predicted octanol–water partition coefficient (Wildman–Crippen LogP) is 1.54. The Morgan fingerprint density at radius 3 is 2.43 bits per heavy atom. The first-order valence-corrected chi connectivity index (χ1v) is 10.9. The van der Waals surface area contributed by atoms with Gasteiger partial charge in [0.05, 0.1) is 23.5 Å². The maximum atomic E-state index is 12.5. The molecular formula is C19H29N3O5S. The molecule has 0 radical (unpaired) electrons. The molecule has 0 saturated carbocycles. The number of ether oxygens (including phenoxy) is 1. The molecule has 9 heteroatoms. The minimum atomic E-state index is -3.53. The van der Waals surface area contributed by atoms with Gasteiger partial charge in [-0.05, 0) is 31.2 Å². The number of anilines is 1. The largest absolute Gasteiger partial charge is 0.383 e. The van der Waals surface area contributed by atoms with Crippen molar-refractivity contribution in [2.75, 3.05) is 38.7 Å². The van der Waals surface area contributed by atoms with Crippen LogP contribution in [0.2, 0.25) is 0 Å². The molecule has 0 unspecified atom stereocenters. The molecule has 0 spiro atoms. The van der Waals surface area contributed by atoms with Gasteiger partial charge in [0.1, 0.15) is 0 Å². The summed E-state index contributed by atoms with van der Waals surface area (Å²) in [5.74, 6) is -0.754. The molecule has 2 atom stereocenters. The van der Waals surface area contributed by atoms with Gasteiger partial charge in [-0.15, -0.1) is 0 Å². The highest BCUT2D eigenvalue weighted by molar-refractivity contribution is 7.89. The van der Waals surface area contributed by atoms with Gasteiger partial charge in [-0.25, -0.2) is 8.42 Å².